The number of amides is 1. The summed E-state index contributed by atoms with van der Waals surface area (Å²) in [5.41, 5.74) is 2.25. The Balaban J connectivity index is 1.85. The summed E-state index contributed by atoms with van der Waals surface area (Å²) in [7, 11) is -1.74. The molecule has 1 amide bonds. The van der Waals surface area contributed by atoms with Gasteiger partial charge in [-0.1, -0.05) is 30.3 Å². The Bertz CT molecular complexity index is 811. The summed E-state index contributed by atoms with van der Waals surface area (Å²) < 4.78 is 25.4. The van der Waals surface area contributed by atoms with Gasteiger partial charge in [-0.05, 0) is 42.5 Å². The maximum absolute atomic E-state index is 12.5. The third kappa shape index (κ3) is 7.48. The zero-order valence-electron chi connectivity index (χ0n) is 15.9. The predicted octanol–water partition coefficient (Wildman–Crippen LogP) is 1.98. The van der Waals surface area contributed by atoms with Crippen molar-refractivity contribution in [3.63, 3.8) is 0 Å². The van der Waals surface area contributed by atoms with Crippen LogP contribution in [0.5, 0.6) is 0 Å². The van der Waals surface area contributed by atoms with Gasteiger partial charge < -0.3 is 4.90 Å². The molecule has 0 saturated heterocycles. The van der Waals surface area contributed by atoms with Crippen molar-refractivity contribution >= 4 is 15.9 Å². The van der Waals surface area contributed by atoms with Crippen molar-refractivity contribution in [3.8, 4) is 0 Å². The number of carbonyl (C=O) groups is 1. The zero-order chi connectivity index (χ0) is 19.7. The highest BCUT2D eigenvalue weighted by molar-refractivity contribution is 7.88. The molecule has 6 nitrogen and oxygen atoms in total. The number of aryl methyl sites for hydroxylation is 1. The summed E-state index contributed by atoms with van der Waals surface area (Å²) >= 11 is 0. The van der Waals surface area contributed by atoms with Crippen LogP contribution >= 0.6 is 0 Å². The number of likely N-dealkylation sites (N-methyl/N-ethyl adjacent to an activating group) is 1. The maximum Gasteiger partial charge on any atom is 0.237 e. The van der Waals surface area contributed by atoms with Crippen molar-refractivity contribution in [2.75, 3.05) is 32.9 Å². The van der Waals surface area contributed by atoms with Crippen LogP contribution in [0.2, 0.25) is 0 Å². The van der Waals surface area contributed by atoms with Gasteiger partial charge in [0, 0.05) is 32.5 Å². The van der Waals surface area contributed by atoms with Gasteiger partial charge in [0.25, 0.3) is 0 Å². The van der Waals surface area contributed by atoms with Crippen molar-refractivity contribution < 1.29 is 13.2 Å². The molecule has 0 spiro atoms. The Kier molecular flexibility index (Phi) is 7.94. The van der Waals surface area contributed by atoms with E-state index in [-0.39, 0.29) is 12.5 Å². The third-order valence-corrected chi connectivity index (χ3v) is 5.66. The van der Waals surface area contributed by atoms with Crippen molar-refractivity contribution in [3.05, 3.63) is 66.0 Å². The van der Waals surface area contributed by atoms with Crippen LogP contribution in [0.3, 0.4) is 0 Å². The average Bonchev–Trinajstić information content (AvgIpc) is 2.66. The molecule has 0 aliphatic carbocycles. The predicted molar refractivity (Wildman–Crippen MR) is 107 cm³/mol. The quantitative estimate of drug-likeness (QED) is 0.623. The molecule has 0 bridgehead atoms. The van der Waals surface area contributed by atoms with Gasteiger partial charge in [0.15, 0.2) is 0 Å². The zero-order valence-corrected chi connectivity index (χ0v) is 16.7. The van der Waals surface area contributed by atoms with E-state index >= 15 is 0 Å². The topological polar surface area (TPSA) is 70.6 Å². The van der Waals surface area contributed by atoms with Crippen LogP contribution < -0.4 is 0 Å². The first-order chi connectivity index (χ1) is 12.9. The summed E-state index contributed by atoms with van der Waals surface area (Å²) in [5, 5.41) is 0. The lowest BCUT2D eigenvalue weighted by Crippen LogP contribution is -2.42. The number of sulfonamides is 1. The van der Waals surface area contributed by atoms with E-state index < -0.39 is 10.0 Å². The van der Waals surface area contributed by atoms with E-state index in [0.717, 1.165) is 23.8 Å². The van der Waals surface area contributed by atoms with Crippen LogP contribution in [0.1, 0.15) is 17.5 Å². The van der Waals surface area contributed by atoms with Gasteiger partial charge in [0.05, 0.1) is 12.8 Å². The SMILES string of the molecule is CN(CCc1ccncc1)C(=O)CN(CCCc1ccccc1)S(C)(=O)=O. The van der Waals surface area contributed by atoms with Crippen LogP contribution in [-0.4, -0.2) is 61.5 Å². The van der Waals surface area contributed by atoms with Gasteiger partial charge in [-0.15, -0.1) is 0 Å². The van der Waals surface area contributed by atoms with E-state index in [9.17, 15) is 13.2 Å². The molecule has 1 aromatic heterocycles. The van der Waals surface area contributed by atoms with E-state index in [2.05, 4.69) is 4.98 Å². The van der Waals surface area contributed by atoms with E-state index in [4.69, 9.17) is 0 Å². The lowest BCUT2D eigenvalue weighted by atomic mass is 10.1. The second-order valence-electron chi connectivity index (χ2n) is 6.61. The Morgan fingerprint density at radius 1 is 0.963 bits per heavy atom. The minimum Gasteiger partial charge on any atom is -0.344 e. The van der Waals surface area contributed by atoms with Crippen molar-refractivity contribution in [1.82, 2.24) is 14.2 Å². The monoisotopic (exact) mass is 389 g/mol. The maximum atomic E-state index is 12.5. The molecule has 2 rings (SSSR count). The molecule has 0 saturated carbocycles. The molecule has 0 fully saturated rings. The number of hydrogen-bond donors (Lipinski definition) is 0. The molecule has 2 aromatic rings. The lowest BCUT2D eigenvalue weighted by Gasteiger charge is -2.23. The van der Waals surface area contributed by atoms with Crippen molar-refractivity contribution in [1.29, 1.82) is 0 Å². The number of aromatic nitrogens is 1. The van der Waals surface area contributed by atoms with Crippen LogP contribution in [0.4, 0.5) is 0 Å². The number of benzene rings is 1. The molecular weight excluding hydrogens is 362 g/mol. The van der Waals surface area contributed by atoms with Crippen molar-refractivity contribution in [2.45, 2.75) is 19.3 Å². The number of pyridine rings is 1. The van der Waals surface area contributed by atoms with E-state index in [1.165, 1.54) is 4.31 Å². The Morgan fingerprint density at radius 3 is 2.22 bits per heavy atom. The highest BCUT2D eigenvalue weighted by atomic mass is 32.2. The average molecular weight is 390 g/mol. The minimum atomic E-state index is -3.44. The number of rotatable bonds is 10. The molecule has 0 unspecified atom stereocenters. The van der Waals surface area contributed by atoms with Crippen LogP contribution in [-0.2, 0) is 27.7 Å². The molecule has 1 aromatic carbocycles. The van der Waals surface area contributed by atoms with Gasteiger partial charge >= 0.3 is 0 Å². The summed E-state index contributed by atoms with van der Waals surface area (Å²) in [4.78, 5) is 18.0. The van der Waals surface area contributed by atoms with Gasteiger partial charge in [-0.3, -0.25) is 9.78 Å². The van der Waals surface area contributed by atoms with E-state index in [1.54, 1.807) is 24.3 Å². The molecule has 1 heterocycles. The lowest BCUT2D eigenvalue weighted by molar-refractivity contribution is -0.130. The largest absolute Gasteiger partial charge is 0.344 e. The van der Waals surface area contributed by atoms with E-state index in [0.29, 0.717) is 25.9 Å². The first kappa shape index (κ1) is 21.1. The minimum absolute atomic E-state index is 0.125. The van der Waals surface area contributed by atoms with Gasteiger partial charge in [0.1, 0.15) is 0 Å². The summed E-state index contributed by atoms with van der Waals surface area (Å²) in [6.07, 6.45) is 6.74. The normalized spacial score (nSPS) is 11.5. The number of carbonyl (C=O) groups excluding carboxylic acids is 1. The number of nitrogens with zero attached hydrogens (tertiary/aromatic N) is 3. The smallest absolute Gasteiger partial charge is 0.237 e. The Morgan fingerprint density at radius 2 is 1.59 bits per heavy atom. The molecule has 0 atom stereocenters. The highest BCUT2D eigenvalue weighted by Gasteiger charge is 2.21. The van der Waals surface area contributed by atoms with Gasteiger partial charge in [0.2, 0.25) is 15.9 Å². The summed E-state index contributed by atoms with van der Waals surface area (Å²) in [5.74, 6) is -0.200. The fourth-order valence-electron chi connectivity index (χ4n) is 2.71. The number of hydrogen-bond acceptors (Lipinski definition) is 4. The molecular formula is C20H27N3O3S. The fourth-order valence-corrected chi connectivity index (χ4v) is 3.51. The highest BCUT2D eigenvalue weighted by Crippen LogP contribution is 2.07. The van der Waals surface area contributed by atoms with Crippen LogP contribution in [0, 0.1) is 0 Å². The summed E-state index contributed by atoms with van der Waals surface area (Å²) in [6.45, 7) is 0.739. The third-order valence-electron chi connectivity index (χ3n) is 4.41. The molecule has 0 aliphatic heterocycles. The Labute approximate surface area is 161 Å². The summed E-state index contributed by atoms with van der Waals surface area (Å²) in [6, 6.07) is 13.7. The molecule has 0 radical (unpaired) electrons. The standard InChI is InChI=1S/C20H27N3O3S/c1-22(16-12-19-10-13-21-14-11-19)20(24)17-23(27(2,25)26)15-6-9-18-7-4-3-5-8-18/h3-5,7-8,10-11,13-14H,6,9,12,15-17H2,1-2H3. The van der Waals surface area contributed by atoms with Crippen molar-refractivity contribution in [2.24, 2.45) is 0 Å². The molecule has 7 heteroatoms. The van der Waals surface area contributed by atoms with E-state index in [1.807, 2.05) is 42.5 Å². The molecule has 27 heavy (non-hydrogen) atoms. The molecule has 0 N–H and O–H groups in total. The second kappa shape index (κ2) is 10.2. The van der Waals surface area contributed by atoms with Gasteiger partial charge in [-0.25, -0.2) is 8.42 Å². The second-order valence-corrected chi connectivity index (χ2v) is 8.59. The Hall–Kier alpha value is -2.25. The first-order valence-corrected chi connectivity index (χ1v) is 10.8. The molecule has 0 aliphatic rings. The van der Waals surface area contributed by atoms with Gasteiger partial charge in [-0.2, -0.15) is 4.31 Å². The molecule has 146 valence electrons. The fraction of sp³-hybridized carbons (Fsp3) is 0.400. The van der Waals surface area contributed by atoms with Crippen LogP contribution in [0.25, 0.3) is 0 Å². The van der Waals surface area contributed by atoms with Crippen LogP contribution in [0.15, 0.2) is 54.9 Å². The first-order valence-electron chi connectivity index (χ1n) is 8.98.